The van der Waals surface area contributed by atoms with Crippen molar-refractivity contribution in [2.45, 2.75) is 31.7 Å². The number of aryl methyl sites for hydroxylation is 1. The summed E-state index contributed by atoms with van der Waals surface area (Å²) in [5.74, 6) is -0.149. The van der Waals surface area contributed by atoms with Crippen LogP contribution in [0.1, 0.15) is 46.9 Å². The lowest BCUT2D eigenvalue weighted by molar-refractivity contribution is 0.0705. The molecule has 32 heavy (non-hydrogen) atoms. The molecule has 5 rings (SSSR count). The van der Waals surface area contributed by atoms with Gasteiger partial charge in [-0.05, 0) is 43.2 Å². The number of alkyl halides is 3. The van der Waals surface area contributed by atoms with Crippen LogP contribution < -0.4 is 0 Å². The number of carbonyl (C=O) groups excluding carboxylic acids is 1. The predicted octanol–water partition coefficient (Wildman–Crippen LogP) is 4.01. The van der Waals surface area contributed by atoms with Gasteiger partial charge in [-0.3, -0.25) is 4.79 Å². The molecule has 1 aliphatic rings. The topological polar surface area (TPSA) is 68.3 Å². The Morgan fingerprint density at radius 3 is 2.91 bits per heavy atom. The molecule has 1 amide bonds. The van der Waals surface area contributed by atoms with Crippen molar-refractivity contribution in [3.8, 4) is 0 Å². The van der Waals surface area contributed by atoms with Crippen molar-refractivity contribution >= 4 is 22.6 Å². The fraction of sp³-hybridized carbons (Fsp3) is 0.364. The van der Waals surface area contributed by atoms with E-state index in [1.807, 2.05) is 29.0 Å². The minimum absolute atomic E-state index is 0.118. The summed E-state index contributed by atoms with van der Waals surface area (Å²) in [4.78, 5) is 22.8. The van der Waals surface area contributed by atoms with E-state index in [2.05, 4.69) is 15.1 Å². The Balaban J connectivity index is 1.42. The molecular weight excluding hydrogens is 421 g/mol. The highest BCUT2D eigenvalue weighted by molar-refractivity contribution is 5.98. The number of rotatable bonds is 5. The minimum Gasteiger partial charge on any atom is -0.345 e. The Hall–Kier alpha value is -3.43. The largest absolute Gasteiger partial charge is 0.345 e. The maximum atomic E-state index is 13.3. The van der Waals surface area contributed by atoms with E-state index in [0.717, 1.165) is 23.7 Å². The first-order valence-corrected chi connectivity index (χ1v) is 10.5. The normalized spacial score (nSPS) is 17.0. The lowest BCUT2D eigenvalue weighted by atomic mass is 9.93. The molecule has 1 aliphatic heterocycles. The van der Waals surface area contributed by atoms with Crippen molar-refractivity contribution < 1.29 is 18.0 Å². The summed E-state index contributed by atoms with van der Waals surface area (Å²) in [6, 6.07) is 8.62. The van der Waals surface area contributed by atoms with E-state index in [0.29, 0.717) is 24.3 Å². The Bertz CT molecular complexity index is 1280. The van der Waals surface area contributed by atoms with Crippen LogP contribution in [0.15, 0.2) is 42.9 Å². The highest BCUT2D eigenvalue weighted by Crippen LogP contribution is 2.30. The summed E-state index contributed by atoms with van der Waals surface area (Å²) in [5, 5.41) is 5.01. The van der Waals surface area contributed by atoms with Gasteiger partial charge in [0.2, 0.25) is 0 Å². The number of fused-ring (bicyclic) bond motifs is 2. The second-order valence-electron chi connectivity index (χ2n) is 7.94. The maximum absolute atomic E-state index is 13.3. The van der Waals surface area contributed by atoms with Gasteiger partial charge in [0, 0.05) is 41.7 Å². The molecule has 7 nitrogen and oxygen atoms in total. The molecule has 1 fully saturated rings. The molecule has 0 aliphatic carbocycles. The molecule has 166 valence electrons. The molecule has 1 unspecified atom stereocenters. The first-order valence-electron chi connectivity index (χ1n) is 10.5. The van der Waals surface area contributed by atoms with Crippen molar-refractivity contribution in [1.29, 1.82) is 0 Å². The fourth-order valence-electron chi connectivity index (χ4n) is 4.46. The summed E-state index contributed by atoms with van der Waals surface area (Å²) in [6.45, 7) is 0.791. The number of aromatic nitrogens is 5. The number of hydrogen-bond donors (Lipinski definition) is 0. The third-order valence-electron chi connectivity index (χ3n) is 5.99. The molecular formula is C22H21F3N6O. The third kappa shape index (κ3) is 3.59. The van der Waals surface area contributed by atoms with Gasteiger partial charge in [-0.15, -0.1) is 0 Å². The van der Waals surface area contributed by atoms with E-state index in [9.17, 15) is 18.0 Å². The van der Waals surface area contributed by atoms with Gasteiger partial charge in [0.05, 0.1) is 12.2 Å². The lowest BCUT2D eigenvalue weighted by Gasteiger charge is -2.33. The summed E-state index contributed by atoms with van der Waals surface area (Å²) in [5.41, 5.74) is 1.66. The van der Waals surface area contributed by atoms with Crippen LogP contribution in [0, 0.1) is 0 Å². The molecule has 1 aromatic carbocycles. The summed E-state index contributed by atoms with van der Waals surface area (Å²) in [6.07, 6.45) is 1.87. The number of nitrogens with zero attached hydrogens (tertiary/aromatic N) is 6. The molecule has 4 aromatic rings. The molecule has 0 radical (unpaired) electrons. The summed E-state index contributed by atoms with van der Waals surface area (Å²) < 4.78 is 42.7. The molecule has 3 aromatic heterocycles. The molecule has 0 spiro atoms. The molecule has 1 saturated heterocycles. The van der Waals surface area contributed by atoms with Crippen molar-refractivity contribution in [2.24, 2.45) is 0 Å². The van der Waals surface area contributed by atoms with Gasteiger partial charge in [0.15, 0.2) is 0 Å². The lowest BCUT2D eigenvalue weighted by Crippen LogP contribution is -2.39. The molecule has 0 bridgehead atoms. The number of piperidine rings is 1. The van der Waals surface area contributed by atoms with Crippen LogP contribution in [0.25, 0.3) is 16.7 Å². The van der Waals surface area contributed by atoms with E-state index < -0.39 is 13.1 Å². The zero-order valence-electron chi connectivity index (χ0n) is 17.2. The highest BCUT2D eigenvalue weighted by atomic mass is 19.3. The monoisotopic (exact) mass is 442 g/mol. The predicted molar refractivity (Wildman–Crippen MR) is 112 cm³/mol. The number of hydrogen-bond acceptors (Lipinski definition) is 4. The molecule has 4 heterocycles. The number of amides is 1. The fourth-order valence-corrected chi connectivity index (χ4v) is 4.46. The molecule has 0 N–H and O–H groups in total. The number of benzene rings is 1. The van der Waals surface area contributed by atoms with Crippen LogP contribution in [-0.4, -0.2) is 54.7 Å². The van der Waals surface area contributed by atoms with Crippen LogP contribution in [0.4, 0.5) is 13.2 Å². The maximum Gasteiger partial charge on any atom is 0.280 e. The number of carbonyl (C=O) groups is 1. The minimum atomic E-state index is -2.71. The van der Waals surface area contributed by atoms with Crippen molar-refractivity contribution in [3.63, 3.8) is 0 Å². The Labute approximate surface area is 181 Å². The molecule has 0 saturated carbocycles. The van der Waals surface area contributed by atoms with Gasteiger partial charge in [0.1, 0.15) is 18.7 Å². The van der Waals surface area contributed by atoms with Gasteiger partial charge in [-0.1, -0.05) is 0 Å². The average Bonchev–Trinajstić information content (AvgIpc) is 3.45. The number of likely N-dealkylation sites (tertiary alicyclic amines) is 1. The standard InChI is InChI=1S/C22H21F3N6O/c23-6-9-29-8-5-14-10-15(3-4-18(14)29)21(32)30-7-1-2-16(12-30)19-11-17(20(24)25)28-22-26-13-27-31(19)22/h3-5,8,10-11,13,16,20H,1-2,6-7,9,12H2. The van der Waals surface area contributed by atoms with Crippen LogP contribution in [0.3, 0.4) is 0 Å². The number of halogens is 3. The van der Waals surface area contributed by atoms with Crippen molar-refractivity contribution in [2.75, 3.05) is 19.8 Å². The summed E-state index contributed by atoms with van der Waals surface area (Å²) in [7, 11) is 0. The zero-order valence-corrected chi connectivity index (χ0v) is 17.2. The van der Waals surface area contributed by atoms with Crippen LogP contribution in [-0.2, 0) is 6.54 Å². The second kappa shape index (κ2) is 8.25. The van der Waals surface area contributed by atoms with Gasteiger partial charge in [0.25, 0.3) is 18.1 Å². The van der Waals surface area contributed by atoms with Gasteiger partial charge in [-0.25, -0.2) is 22.7 Å². The van der Waals surface area contributed by atoms with E-state index >= 15 is 0 Å². The Kier molecular flexibility index (Phi) is 5.28. The van der Waals surface area contributed by atoms with Gasteiger partial charge < -0.3 is 9.47 Å². The Morgan fingerprint density at radius 1 is 1.22 bits per heavy atom. The first kappa shape index (κ1) is 20.5. The SMILES string of the molecule is O=C(c1ccc2c(ccn2CCF)c1)N1CCCC(c2cc(C(F)F)nc3ncnn23)C1. The molecule has 10 heteroatoms. The van der Waals surface area contributed by atoms with Crippen LogP contribution >= 0.6 is 0 Å². The zero-order chi connectivity index (χ0) is 22.2. The van der Waals surface area contributed by atoms with Crippen molar-refractivity contribution in [1.82, 2.24) is 29.0 Å². The third-order valence-corrected chi connectivity index (χ3v) is 5.99. The summed E-state index contributed by atoms with van der Waals surface area (Å²) >= 11 is 0. The van der Waals surface area contributed by atoms with Gasteiger partial charge >= 0.3 is 0 Å². The van der Waals surface area contributed by atoms with E-state index in [1.54, 1.807) is 11.0 Å². The van der Waals surface area contributed by atoms with E-state index in [-0.39, 0.29) is 29.8 Å². The second-order valence-corrected chi connectivity index (χ2v) is 7.94. The smallest absolute Gasteiger partial charge is 0.280 e. The highest BCUT2D eigenvalue weighted by Gasteiger charge is 2.29. The Morgan fingerprint density at radius 2 is 2.09 bits per heavy atom. The van der Waals surface area contributed by atoms with Gasteiger partial charge in [-0.2, -0.15) is 10.1 Å². The van der Waals surface area contributed by atoms with Crippen LogP contribution in [0.5, 0.6) is 0 Å². The quantitative estimate of drug-likeness (QED) is 0.469. The van der Waals surface area contributed by atoms with Crippen LogP contribution in [0.2, 0.25) is 0 Å². The van der Waals surface area contributed by atoms with E-state index in [4.69, 9.17) is 0 Å². The van der Waals surface area contributed by atoms with Crippen molar-refractivity contribution in [3.05, 3.63) is 59.8 Å². The average molecular weight is 442 g/mol. The van der Waals surface area contributed by atoms with E-state index in [1.165, 1.54) is 16.9 Å². The first-order chi connectivity index (χ1) is 15.5. The molecule has 1 atom stereocenters.